The topological polar surface area (TPSA) is 54.5 Å². The van der Waals surface area contributed by atoms with E-state index in [0.717, 1.165) is 38.5 Å². The molecule has 1 saturated carbocycles. The maximum atomic E-state index is 12.8. The highest BCUT2D eigenvalue weighted by atomic mass is 32.2. The van der Waals surface area contributed by atoms with E-state index in [0.29, 0.717) is 13.0 Å². The Morgan fingerprint density at radius 1 is 1.10 bits per heavy atom. The van der Waals surface area contributed by atoms with Gasteiger partial charge in [0.25, 0.3) is 0 Å². The van der Waals surface area contributed by atoms with E-state index in [2.05, 4.69) is 0 Å². The number of rotatable bonds is 3. The van der Waals surface area contributed by atoms with Crippen molar-refractivity contribution in [2.45, 2.75) is 71.8 Å². The highest BCUT2D eigenvalue weighted by molar-refractivity contribution is 7.89. The van der Waals surface area contributed by atoms with Gasteiger partial charge in [-0.25, -0.2) is 8.42 Å². The van der Waals surface area contributed by atoms with E-state index in [9.17, 15) is 13.2 Å². The number of carbonyl (C=O) groups is 1. The van der Waals surface area contributed by atoms with Crippen LogP contribution in [0.3, 0.4) is 0 Å². The lowest BCUT2D eigenvalue weighted by atomic mass is 9.80. The standard InChI is InChI=1S/C16H29NO3S/c1-16(2,3)12-21(19,20)17-11-7-6-9-14(17)13-8-4-5-10-15(13)18/h13-14H,4-12H2,1-3H3. The fourth-order valence-corrected chi connectivity index (χ4v) is 6.06. The van der Waals surface area contributed by atoms with Crippen molar-refractivity contribution in [3.05, 3.63) is 0 Å². The molecule has 2 atom stereocenters. The third-order valence-electron chi connectivity index (χ3n) is 4.54. The molecule has 0 aromatic heterocycles. The Hall–Kier alpha value is -0.420. The van der Waals surface area contributed by atoms with Gasteiger partial charge in [-0.2, -0.15) is 4.31 Å². The molecule has 122 valence electrons. The van der Waals surface area contributed by atoms with Gasteiger partial charge in [0.15, 0.2) is 0 Å². The quantitative estimate of drug-likeness (QED) is 0.804. The first-order chi connectivity index (χ1) is 9.71. The summed E-state index contributed by atoms with van der Waals surface area (Å²) in [6, 6.07) is -0.0844. The summed E-state index contributed by atoms with van der Waals surface area (Å²) in [5, 5.41) is 0. The number of ketones is 1. The van der Waals surface area contributed by atoms with Gasteiger partial charge in [0.2, 0.25) is 10.0 Å². The molecule has 4 nitrogen and oxygen atoms in total. The smallest absolute Gasteiger partial charge is 0.214 e. The number of Topliss-reactive ketones (excluding diaryl/α,β-unsaturated/α-hetero) is 1. The Balaban J connectivity index is 2.20. The van der Waals surface area contributed by atoms with E-state index in [-0.39, 0.29) is 28.9 Å². The van der Waals surface area contributed by atoms with E-state index in [1.165, 1.54) is 0 Å². The number of carbonyl (C=O) groups excluding carboxylic acids is 1. The number of nitrogens with zero attached hydrogens (tertiary/aromatic N) is 1. The Labute approximate surface area is 129 Å². The van der Waals surface area contributed by atoms with Gasteiger partial charge in [0, 0.05) is 24.9 Å². The Bertz CT molecular complexity index is 478. The Morgan fingerprint density at radius 3 is 2.38 bits per heavy atom. The first kappa shape index (κ1) is 16.9. The van der Waals surface area contributed by atoms with Gasteiger partial charge in [0.1, 0.15) is 5.78 Å². The minimum absolute atomic E-state index is 0.0613. The largest absolute Gasteiger partial charge is 0.299 e. The van der Waals surface area contributed by atoms with E-state index in [1.54, 1.807) is 4.31 Å². The van der Waals surface area contributed by atoms with Crippen LogP contribution in [0.15, 0.2) is 0 Å². The normalized spacial score (nSPS) is 29.6. The van der Waals surface area contributed by atoms with Crippen LogP contribution in [0.5, 0.6) is 0 Å². The molecule has 0 radical (unpaired) electrons. The van der Waals surface area contributed by atoms with Gasteiger partial charge in [-0.05, 0) is 31.1 Å². The number of sulfonamides is 1. The second-order valence-electron chi connectivity index (χ2n) is 7.81. The maximum absolute atomic E-state index is 12.8. The third kappa shape index (κ3) is 4.28. The highest BCUT2D eigenvalue weighted by Crippen LogP contribution is 2.34. The van der Waals surface area contributed by atoms with Crippen molar-refractivity contribution in [2.75, 3.05) is 12.3 Å². The molecule has 2 unspecified atom stereocenters. The van der Waals surface area contributed by atoms with Crippen LogP contribution in [0.4, 0.5) is 0 Å². The highest BCUT2D eigenvalue weighted by Gasteiger charge is 2.41. The first-order valence-corrected chi connectivity index (χ1v) is 9.84. The van der Waals surface area contributed by atoms with Gasteiger partial charge in [-0.3, -0.25) is 4.79 Å². The van der Waals surface area contributed by atoms with E-state index in [4.69, 9.17) is 0 Å². The molecule has 0 amide bonds. The second kappa shape index (κ2) is 6.37. The molecule has 1 heterocycles. The predicted molar refractivity (Wildman–Crippen MR) is 84.6 cm³/mol. The molecule has 5 heteroatoms. The van der Waals surface area contributed by atoms with Crippen LogP contribution < -0.4 is 0 Å². The van der Waals surface area contributed by atoms with Crippen LogP contribution in [0.25, 0.3) is 0 Å². The zero-order valence-electron chi connectivity index (χ0n) is 13.6. The van der Waals surface area contributed by atoms with Crippen LogP contribution in [0.2, 0.25) is 0 Å². The zero-order chi connectivity index (χ0) is 15.7. The lowest BCUT2D eigenvalue weighted by Crippen LogP contribution is -2.51. The van der Waals surface area contributed by atoms with Crippen LogP contribution in [-0.4, -0.2) is 36.8 Å². The molecule has 0 aromatic carbocycles. The van der Waals surface area contributed by atoms with Gasteiger partial charge >= 0.3 is 0 Å². The molecule has 1 saturated heterocycles. The molecule has 0 N–H and O–H groups in total. The van der Waals surface area contributed by atoms with Crippen molar-refractivity contribution < 1.29 is 13.2 Å². The molecular weight excluding hydrogens is 286 g/mol. The molecule has 0 spiro atoms. The Kier molecular flexibility index (Phi) is 5.14. The SMILES string of the molecule is CC(C)(C)CS(=O)(=O)N1CCCCC1C1CCCCC1=O. The molecular formula is C16H29NO3S. The fourth-order valence-electron chi connectivity index (χ4n) is 3.73. The average Bonchev–Trinajstić information content (AvgIpc) is 2.36. The number of piperidine rings is 1. The summed E-state index contributed by atoms with van der Waals surface area (Å²) in [6.07, 6.45) is 6.33. The van der Waals surface area contributed by atoms with Crippen molar-refractivity contribution in [3.8, 4) is 0 Å². The lowest BCUT2D eigenvalue weighted by molar-refractivity contribution is -0.126. The molecule has 2 aliphatic rings. The van der Waals surface area contributed by atoms with Gasteiger partial charge < -0.3 is 0 Å². The number of hydrogen-bond acceptors (Lipinski definition) is 3. The van der Waals surface area contributed by atoms with Crippen molar-refractivity contribution in [1.82, 2.24) is 4.31 Å². The molecule has 21 heavy (non-hydrogen) atoms. The summed E-state index contributed by atoms with van der Waals surface area (Å²) in [7, 11) is -3.28. The monoisotopic (exact) mass is 315 g/mol. The van der Waals surface area contributed by atoms with E-state index >= 15 is 0 Å². The molecule has 0 bridgehead atoms. The number of hydrogen-bond donors (Lipinski definition) is 0. The van der Waals surface area contributed by atoms with Crippen LogP contribution in [0, 0.1) is 11.3 Å². The first-order valence-electron chi connectivity index (χ1n) is 8.23. The van der Waals surface area contributed by atoms with Crippen LogP contribution in [-0.2, 0) is 14.8 Å². The summed E-state index contributed by atoms with van der Waals surface area (Å²) in [5.41, 5.74) is -0.253. The van der Waals surface area contributed by atoms with Crippen LogP contribution in [0.1, 0.15) is 65.7 Å². The summed E-state index contributed by atoms with van der Waals surface area (Å²) >= 11 is 0. The molecule has 2 rings (SSSR count). The zero-order valence-corrected chi connectivity index (χ0v) is 14.4. The lowest BCUT2D eigenvalue weighted by Gasteiger charge is -2.41. The second-order valence-corrected chi connectivity index (χ2v) is 9.73. The van der Waals surface area contributed by atoms with Gasteiger partial charge in [-0.15, -0.1) is 0 Å². The van der Waals surface area contributed by atoms with Crippen molar-refractivity contribution >= 4 is 15.8 Å². The van der Waals surface area contributed by atoms with Crippen molar-refractivity contribution in [2.24, 2.45) is 11.3 Å². The molecule has 1 aliphatic carbocycles. The van der Waals surface area contributed by atoms with Crippen molar-refractivity contribution in [3.63, 3.8) is 0 Å². The van der Waals surface area contributed by atoms with Crippen molar-refractivity contribution in [1.29, 1.82) is 0 Å². The average molecular weight is 315 g/mol. The van der Waals surface area contributed by atoms with Gasteiger partial charge in [-0.1, -0.05) is 33.6 Å². The summed E-state index contributed by atoms with van der Waals surface area (Å²) in [5.74, 6) is 0.384. The molecule has 1 aliphatic heterocycles. The predicted octanol–water partition coefficient (Wildman–Crippen LogP) is 2.98. The minimum Gasteiger partial charge on any atom is -0.299 e. The van der Waals surface area contributed by atoms with E-state index < -0.39 is 10.0 Å². The van der Waals surface area contributed by atoms with Gasteiger partial charge in [0.05, 0.1) is 5.75 Å². The summed E-state index contributed by atoms with van der Waals surface area (Å²) in [4.78, 5) is 12.2. The van der Waals surface area contributed by atoms with E-state index in [1.807, 2.05) is 20.8 Å². The third-order valence-corrected chi connectivity index (χ3v) is 6.94. The van der Waals surface area contributed by atoms with Crippen LogP contribution >= 0.6 is 0 Å². The minimum atomic E-state index is -3.28. The molecule has 0 aromatic rings. The summed E-state index contributed by atoms with van der Waals surface area (Å²) in [6.45, 7) is 6.45. The fraction of sp³-hybridized carbons (Fsp3) is 0.938. The maximum Gasteiger partial charge on any atom is 0.214 e. The molecule has 2 fully saturated rings. The summed E-state index contributed by atoms with van der Waals surface area (Å²) < 4.78 is 27.2. The Morgan fingerprint density at radius 2 is 1.76 bits per heavy atom.